The molecule has 0 spiro atoms. The molecule has 144 valence electrons. The average Bonchev–Trinajstić information content (AvgIpc) is 2.60. The summed E-state index contributed by atoms with van der Waals surface area (Å²) in [5, 5.41) is 0. The van der Waals surface area contributed by atoms with E-state index in [9.17, 15) is 22.4 Å². The maximum absolute atomic E-state index is 14.0. The van der Waals surface area contributed by atoms with E-state index in [-0.39, 0.29) is 5.92 Å². The maximum Gasteiger partial charge on any atom is 0.573 e. The van der Waals surface area contributed by atoms with Gasteiger partial charge in [0.1, 0.15) is 6.29 Å². The van der Waals surface area contributed by atoms with Gasteiger partial charge in [-0.05, 0) is 79.9 Å². The van der Waals surface area contributed by atoms with Crippen molar-refractivity contribution in [1.29, 1.82) is 0 Å². The molecule has 1 aromatic rings. The molecule has 4 unspecified atom stereocenters. The van der Waals surface area contributed by atoms with Gasteiger partial charge in [-0.25, -0.2) is 4.39 Å². The number of rotatable bonds is 5. The van der Waals surface area contributed by atoms with Gasteiger partial charge in [0.2, 0.25) is 0 Å². The van der Waals surface area contributed by atoms with Crippen molar-refractivity contribution in [3.63, 3.8) is 0 Å². The molecule has 6 heteroatoms. The Morgan fingerprint density at radius 2 is 1.81 bits per heavy atom. The zero-order valence-corrected chi connectivity index (χ0v) is 14.6. The number of hydrogen-bond acceptors (Lipinski definition) is 2. The number of carbonyl (C=O) groups is 1. The first-order valence-corrected chi connectivity index (χ1v) is 9.34. The minimum absolute atomic E-state index is 0.192. The molecule has 2 aliphatic carbocycles. The molecule has 2 saturated carbocycles. The van der Waals surface area contributed by atoms with Gasteiger partial charge in [-0.3, -0.25) is 0 Å². The zero-order chi connectivity index (χ0) is 18.7. The summed E-state index contributed by atoms with van der Waals surface area (Å²) in [5.41, 5.74) is 0.763. The Bertz CT molecular complexity index is 629. The number of hydrogen-bond donors (Lipinski definition) is 0. The van der Waals surface area contributed by atoms with Gasteiger partial charge in [0.05, 0.1) is 0 Å². The summed E-state index contributed by atoms with van der Waals surface area (Å²) in [5.74, 6) is 0.348. The van der Waals surface area contributed by atoms with Crippen LogP contribution in [0, 0.1) is 23.6 Å². The van der Waals surface area contributed by atoms with Crippen LogP contribution in [0.5, 0.6) is 5.75 Å². The first kappa shape index (κ1) is 19.2. The van der Waals surface area contributed by atoms with Crippen LogP contribution in [0.4, 0.5) is 17.6 Å². The molecule has 4 atom stereocenters. The van der Waals surface area contributed by atoms with Gasteiger partial charge in [0, 0.05) is 6.42 Å². The van der Waals surface area contributed by atoms with E-state index in [0.29, 0.717) is 24.2 Å². The summed E-state index contributed by atoms with van der Waals surface area (Å²) in [6.07, 6.45) is 4.10. The Balaban J connectivity index is 1.61. The fourth-order valence-electron chi connectivity index (χ4n) is 4.83. The number of carbonyl (C=O) groups excluding carboxylic acids is 1. The lowest BCUT2D eigenvalue weighted by atomic mass is 9.63. The SMILES string of the molecule is O=CCCC1CCC2CC(c3ccc(OC(F)(F)F)c(F)c3)CCC2C1. The first-order chi connectivity index (χ1) is 12.4. The normalized spacial score (nSPS) is 29.1. The third kappa shape index (κ3) is 4.77. The number of ether oxygens (including phenoxy) is 1. The van der Waals surface area contributed by atoms with E-state index in [4.69, 9.17) is 0 Å². The number of fused-ring (bicyclic) bond motifs is 1. The Kier molecular flexibility index (Phi) is 5.88. The second-order valence-corrected chi connectivity index (χ2v) is 7.69. The van der Waals surface area contributed by atoms with Crippen LogP contribution in [0.15, 0.2) is 18.2 Å². The van der Waals surface area contributed by atoms with Crippen molar-refractivity contribution in [3.8, 4) is 5.75 Å². The van der Waals surface area contributed by atoms with Crippen LogP contribution in [-0.2, 0) is 4.79 Å². The fourth-order valence-corrected chi connectivity index (χ4v) is 4.83. The molecule has 0 bridgehead atoms. The Labute approximate surface area is 150 Å². The van der Waals surface area contributed by atoms with E-state index in [0.717, 1.165) is 62.9 Å². The van der Waals surface area contributed by atoms with Crippen molar-refractivity contribution in [1.82, 2.24) is 0 Å². The lowest BCUT2D eigenvalue weighted by Crippen LogP contribution is -2.30. The van der Waals surface area contributed by atoms with E-state index >= 15 is 0 Å². The van der Waals surface area contributed by atoms with Crippen LogP contribution < -0.4 is 4.74 Å². The van der Waals surface area contributed by atoms with E-state index < -0.39 is 17.9 Å². The summed E-state index contributed by atoms with van der Waals surface area (Å²) in [7, 11) is 0. The zero-order valence-electron chi connectivity index (χ0n) is 14.6. The summed E-state index contributed by atoms with van der Waals surface area (Å²) >= 11 is 0. The van der Waals surface area contributed by atoms with Gasteiger partial charge in [-0.1, -0.05) is 12.5 Å². The molecule has 2 aliphatic rings. The number of benzene rings is 1. The summed E-state index contributed by atoms with van der Waals surface area (Å²) in [6, 6.07) is 3.84. The smallest absolute Gasteiger partial charge is 0.403 e. The molecule has 2 nitrogen and oxygen atoms in total. The van der Waals surface area contributed by atoms with Crippen LogP contribution in [0.2, 0.25) is 0 Å². The van der Waals surface area contributed by atoms with Gasteiger partial charge < -0.3 is 9.53 Å². The number of aldehydes is 1. The highest BCUT2D eigenvalue weighted by Gasteiger charge is 2.36. The van der Waals surface area contributed by atoms with E-state index in [2.05, 4.69) is 4.74 Å². The molecule has 0 N–H and O–H groups in total. The molecule has 0 heterocycles. The molecule has 26 heavy (non-hydrogen) atoms. The van der Waals surface area contributed by atoms with Crippen molar-refractivity contribution in [2.24, 2.45) is 17.8 Å². The van der Waals surface area contributed by atoms with Crippen LogP contribution in [-0.4, -0.2) is 12.6 Å². The van der Waals surface area contributed by atoms with E-state index in [1.165, 1.54) is 6.07 Å². The van der Waals surface area contributed by atoms with Gasteiger partial charge in [0.25, 0.3) is 0 Å². The van der Waals surface area contributed by atoms with E-state index in [1.807, 2.05) is 0 Å². The second-order valence-electron chi connectivity index (χ2n) is 7.69. The molecule has 0 aromatic heterocycles. The van der Waals surface area contributed by atoms with Gasteiger partial charge in [-0.15, -0.1) is 13.2 Å². The predicted molar refractivity (Wildman–Crippen MR) is 89.3 cm³/mol. The van der Waals surface area contributed by atoms with Gasteiger partial charge >= 0.3 is 6.36 Å². The maximum atomic E-state index is 14.0. The third-order valence-corrected chi connectivity index (χ3v) is 6.07. The molecule has 3 rings (SSSR count). The summed E-state index contributed by atoms with van der Waals surface area (Å²) in [4.78, 5) is 10.6. The predicted octanol–water partition coefficient (Wildman–Crippen LogP) is 6.00. The van der Waals surface area contributed by atoms with Gasteiger partial charge in [0.15, 0.2) is 11.6 Å². The largest absolute Gasteiger partial charge is 0.573 e. The van der Waals surface area contributed by atoms with Crippen LogP contribution in [0.1, 0.15) is 62.8 Å². The fraction of sp³-hybridized carbons (Fsp3) is 0.650. The minimum atomic E-state index is -4.89. The first-order valence-electron chi connectivity index (χ1n) is 9.34. The Morgan fingerprint density at radius 1 is 1.08 bits per heavy atom. The highest BCUT2D eigenvalue weighted by atomic mass is 19.4. The molecule has 2 fully saturated rings. The topological polar surface area (TPSA) is 26.3 Å². The molecule has 0 radical (unpaired) electrons. The van der Waals surface area contributed by atoms with Crippen molar-refractivity contribution >= 4 is 6.29 Å². The third-order valence-electron chi connectivity index (χ3n) is 6.07. The van der Waals surface area contributed by atoms with Crippen LogP contribution in [0.3, 0.4) is 0 Å². The average molecular weight is 372 g/mol. The molecular weight excluding hydrogens is 348 g/mol. The van der Waals surface area contributed by atoms with Crippen molar-refractivity contribution in [2.75, 3.05) is 0 Å². The van der Waals surface area contributed by atoms with E-state index in [1.54, 1.807) is 6.07 Å². The lowest BCUT2D eigenvalue weighted by molar-refractivity contribution is -0.275. The summed E-state index contributed by atoms with van der Waals surface area (Å²) < 4.78 is 54.5. The summed E-state index contributed by atoms with van der Waals surface area (Å²) in [6.45, 7) is 0. The molecule has 1 aromatic carbocycles. The van der Waals surface area contributed by atoms with Gasteiger partial charge in [-0.2, -0.15) is 0 Å². The van der Waals surface area contributed by atoms with Crippen molar-refractivity contribution in [3.05, 3.63) is 29.6 Å². The molecule has 0 aliphatic heterocycles. The molecule has 0 saturated heterocycles. The second kappa shape index (κ2) is 7.97. The minimum Gasteiger partial charge on any atom is -0.403 e. The van der Waals surface area contributed by atoms with Crippen LogP contribution in [0.25, 0.3) is 0 Å². The molecular formula is C20H24F4O2. The lowest BCUT2D eigenvalue weighted by Gasteiger charge is -2.42. The van der Waals surface area contributed by atoms with Crippen molar-refractivity contribution in [2.45, 2.75) is 63.6 Å². The molecule has 0 amide bonds. The Morgan fingerprint density at radius 3 is 2.50 bits per heavy atom. The number of alkyl halides is 3. The number of halogens is 4. The Hall–Kier alpha value is -1.59. The quantitative estimate of drug-likeness (QED) is 0.468. The standard InChI is InChI=1S/C20H24F4O2/c21-18-12-17(7-8-19(18)26-20(22,23)24)16-6-5-14-10-13(2-1-9-25)3-4-15(14)11-16/h7-9,12-16H,1-6,10-11H2. The highest BCUT2D eigenvalue weighted by Crippen LogP contribution is 2.48. The van der Waals surface area contributed by atoms with Crippen LogP contribution >= 0.6 is 0 Å². The van der Waals surface area contributed by atoms with Crippen molar-refractivity contribution < 1.29 is 27.1 Å². The monoisotopic (exact) mass is 372 g/mol. The highest BCUT2D eigenvalue weighted by molar-refractivity contribution is 5.49.